The Kier molecular flexibility index (Phi) is 3.96. The quantitative estimate of drug-likeness (QED) is 0.691. The van der Waals surface area contributed by atoms with E-state index >= 15 is 0 Å². The van der Waals surface area contributed by atoms with Gasteiger partial charge in [0.25, 0.3) is 5.56 Å². The maximum Gasteiger partial charge on any atom is 0.348 e. The van der Waals surface area contributed by atoms with Crippen LogP contribution in [0.1, 0.15) is 20.9 Å². The van der Waals surface area contributed by atoms with E-state index in [4.69, 9.17) is 16.3 Å². The number of esters is 1. The lowest BCUT2D eigenvalue weighted by molar-refractivity contribution is 0.0473. The molecule has 0 saturated heterocycles. The molecule has 0 aromatic carbocycles. The number of nitrogens with zero attached hydrogens (tertiary/aromatic N) is 2. The highest BCUT2D eigenvalue weighted by atomic mass is 35.5. The molecule has 0 aliphatic rings. The van der Waals surface area contributed by atoms with Crippen molar-refractivity contribution in [2.24, 2.45) is 0 Å². The summed E-state index contributed by atoms with van der Waals surface area (Å²) in [6, 6.07) is 8.21. The molecule has 3 aromatic heterocycles. The first kappa shape index (κ1) is 14.7. The van der Waals surface area contributed by atoms with E-state index in [1.165, 1.54) is 10.5 Å². The van der Waals surface area contributed by atoms with Gasteiger partial charge in [-0.1, -0.05) is 17.7 Å². The summed E-state index contributed by atoms with van der Waals surface area (Å²) in [7, 11) is 0. The molecule has 0 amide bonds. The summed E-state index contributed by atoms with van der Waals surface area (Å²) in [6.45, 7) is 1.84. The number of fused-ring (bicyclic) bond motifs is 1. The van der Waals surface area contributed by atoms with Crippen LogP contribution < -0.4 is 5.56 Å². The fourth-order valence-corrected chi connectivity index (χ4v) is 2.90. The zero-order chi connectivity index (χ0) is 15.7. The molecule has 0 N–H and O–H groups in total. The summed E-state index contributed by atoms with van der Waals surface area (Å²) in [5.41, 5.74) is 1.68. The van der Waals surface area contributed by atoms with Gasteiger partial charge in [0.05, 0.1) is 10.0 Å². The average Bonchev–Trinajstić information content (AvgIpc) is 2.92. The molecule has 7 heteroatoms. The minimum Gasteiger partial charge on any atom is -0.455 e. The predicted octanol–water partition coefficient (Wildman–Crippen LogP) is 3.07. The molecule has 3 aromatic rings. The first-order valence-electron chi connectivity index (χ1n) is 6.44. The monoisotopic (exact) mass is 334 g/mol. The highest BCUT2D eigenvalue weighted by molar-refractivity contribution is 7.17. The Labute approximate surface area is 134 Å². The third-order valence-electron chi connectivity index (χ3n) is 2.99. The second-order valence-corrected chi connectivity index (χ2v) is 6.42. The van der Waals surface area contributed by atoms with Crippen LogP contribution in [0, 0.1) is 6.92 Å². The number of carbonyl (C=O) groups is 1. The number of aryl methyl sites for hydroxylation is 1. The number of hydrogen-bond donors (Lipinski definition) is 0. The fraction of sp³-hybridized carbons (Fsp3) is 0.133. The molecule has 0 aliphatic carbocycles. The molecular formula is C15H11ClN2O3S. The minimum atomic E-state index is -0.484. The van der Waals surface area contributed by atoms with Crippen molar-refractivity contribution >= 4 is 34.6 Å². The Hall–Kier alpha value is -2.18. The standard InChI is InChI=1S/C15H11ClN2O3S/c1-9-2-5-13-17-10(6-14(19)18(13)7-9)8-21-15(20)11-3-4-12(16)22-11/h2-7H,8H2,1H3. The smallest absolute Gasteiger partial charge is 0.348 e. The molecular weight excluding hydrogens is 324 g/mol. The summed E-state index contributed by atoms with van der Waals surface area (Å²) in [5.74, 6) is -0.484. The number of carbonyl (C=O) groups excluding carboxylic acids is 1. The first-order valence-corrected chi connectivity index (χ1v) is 7.64. The Morgan fingerprint density at radius 3 is 2.91 bits per heavy atom. The molecule has 0 unspecified atom stereocenters. The molecule has 3 heterocycles. The second-order valence-electron chi connectivity index (χ2n) is 4.70. The molecule has 0 saturated carbocycles. The van der Waals surface area contributed by atoms with Crippen LogP contribution in [0.15, 0.2) is 41.3 Å². The van der Waals surface area contributed by atoms with E-state index in [9.17, 15) is 9.59 Å². The Bertz CT molecular complexity index is 917. The van der Waals surface area contributed by atoms with Crippen LogP contribution in [0.4, 0.5) is 0 Å². The van der Waals surface area contributed by atoms with Crippen molar-refractivity contribution < 1.29 is 9.53 Å². The third kappa shape index (κ3) is 3.03. The summed E-state index contributed by atoms with van der Waals surface area (Å²) >= 11 is 6.92. The van der Waals surface area contributed by atoms with Gasteiger partial charge in [0.1, 0.15) is 17.1 Å². The normalized spacial score (nSPS) is 10.8. The number of hydrogen-bond acceptors (Lipinski definition) is 5. The predicted molar refractivity (Wildman–Crippen MR) is 84.6 cm³/mol. The van der Waals surface area contributed by atoms with E-state index < -0.39 is 5.97 Å². The summed E-state index contributed by atoms with van der Waals surface area (Å²) in [5, 5.41) is 0. The fourth-order valence-electron chi connectivity index (χ4n) is 1.97. The second kappa shape index (κ2) is 5.90. The van der Waals surface area contributed by atoms with Crippen LogP contribution in [0.5, 0.6) is 0 Å². The van der Waals surface area contributed by atoms with Gasteiger partial charge in [0.15, 0.2) is 0 Å². The molecule has 0 fully saturated rings. The van der Waals surface area contributed by atoms with Gasteiger partial charge in [-0.2, -0.15) is 0 Å². The maximum absolute atomic E-state index is 12.0. The van der Waals surface area contributed by atoms with Crippen LogP contribution >= 0.6 is 22.9 Å². The van der Waals surface area contributed by atoms with Crippen molar-refractivity contribution in [3.63, 3.8) is 0 Å². The van der Waals surface area contributed by atoms with Gasteiger partial charge in [-0.3, -0.25) is 9.20 Å². The topological polar surface area (TPSA) is 60.7 Å². The van der Waals surface area contributed by atoms with Crippen LogP contribution in [-0.4, -0.2) is 15.4 Å². The SMILES string of the molecule is Cc1ccc2nc(COC(=O)c3ccc(Cl)s3)cc(=O)n2c1. The van der Waals surface area contributed by atoms with Gasteiger partial charge in [-0.05, 0) is 30.7 Å². The molecule has 0 atom stereocenters. The van der Waals surface area contributed by atoms with Crippen molar-refractivity contribution in [1.82, 2.24) is 9.38 Å². The molecule has 22 heavy (non-hydrogen) atoms. The lowest BCUT2D eigenvalue weighted by Crippen LogP contribution is -2.16. The van der Waals surface area contributed by atoms with E-state index in [1.807, 2.05) is 13.0 Å². The number of thiophene rings is 1. The van der Waals surface area contributed by atoms with Crippen molar-refractivity contribution in [2.45, 2.75) is 13.5 Å². The van der Waals surface area contributed by atoms with Crippen LogP contribution in [0.3, 0.4) is 0 Å². The molecule has 0 aliphatic heterocycles. The van der Waals surface area contributed by atoms with E-state index in [0.29, 0.717) is 20.6 Å². The van der Waals surface area contributed by atoms with E-state index in [-0.39, 0.29) is 12.2 Å². The van der Waals surface area contributed by atoms with Gasteiger partial charge in [0.2, 0.25) is 0 Å². The zero-order valence-corrected chi connectivity index (χ0v) is 13.1. The zero-order valence-electron chi connectivity index (χ0n) is 11.6. The molecule has 0 spiro atoms. The summed E-state index contributed by atoms with van der Waals surface area (Å²) < 4.78 is 7.13. The molecule has 5 nitrogen and oxygen atoms in total. The number of rotatable bonds is 3. The van der Waals surface area contributed by atoms with E-state index in [1.54, 1.807) is 24.4 Å². The number of ether oxygens (including phenoxy) is 1. The van der Waals surface area contributed by atoms with Crippen molar-refractivity contribution in [1.29, 1.82) is 0 Å². The minimum absolute atomic E-state index is 0.0615. The molecule has 3 rings (SSSR count). The Balaban J connectivity index is 1.81. The lowest BCUT2D eigenvalue weighted by Gasteiger charge is -2.05. The Morgan fingerprint density at radius 1 is 1.36 bits per heavy atom. The van der Waals surface area contributed by atoms with Crippen molar-refractivity contribution in [2.75, 3.05) is 0 Å². The van der Waals surface area contributed by atoms with Crippen LogP contribution in [0.25, 0.3) is 5.65 Å². The van der Waals surface area contributed by atoms with Crippen LogP contribution in [-0.2, 0) is 11.3 Å². The molecule has 0 bridgehead atoms. The average molecular weight is 335 g/mol. The first-order chi connectivity index (χ1) is 10.5. The van der Waals surface area contributed by atoms with Crippen molar-refractivity contribution in [3.8, 4) is 0 Å². The lowest BCUT2D eigenvalue weighted by atomic mass is 10.3. The van der Waals surface area contributed by atoms with E-state index in [0.717, 1.165) is 16.9 Å². The van der Waals surface area contributed by atoms with E-state index in [2.05, 4.69) is 4.98 Å². The number of pyridine rings is 1. The number of halogens is 1. The van der Waals surface area contributed by atoms with Gasteiger partial charge in [-0.15, -0.1) is 11.3 Å². The van der Waals surface area contributed by atoms with Gasteiger partial charge < -0.3 is 4.74 Å². The highest BCUT2D eigenvalue weighted by Gasteiger charge is 2.11. The van der Waals surface area contributed by atoms with Gasteiger partial charge >= 0.3 is 5.97 Å². The maximum atomic E-state index is 12.0. The van der Waals surface area contributed by atoms with Crippen molar-refractivity contribution in [3.05, 3.63) is 67.4 Å². The largest absolute Gasteiger partial charge is 0.455 e. The highest BCUT2D eigenvalue weighted by Crippen LogP contribution is 2.22. The number of aromatic nitrogens is 2. The van der Waals surface area contributed by atoms with Gasteiger partial charge in [-0.25, -0.2) is 9.78 Å². The van der Waals surface area contributed by atoms with Gasteiger partial charge in [0, 0.05) is 12.3 Å². The Morgan fingerprint density at radius 2 is 2.18 bits per heavy atom. The van der Waals surface area contributed by atoms with Crippen LogP contribution in [0.2, 0.25) is 4.34 Å². The summed E-state index contributed by atoms with van der Waals surface area (Å²) in [6.07, 6.45) is 1.72. The molecule has 0 radical (unpaired) electrons. The summed E-state index contributed by atoms with van der Waals surface area (Å²) in [4.78, 5) is 28.6. The third-order valence-corrected chi connectivity index (χ3v) is 4.20. The molecule has 112 valence electrons.